The summed E-state index contributed by atoms with van der Waals surface area (Å²) in [5.74, 6) is -2.56. The summed E-state index contributed by atoms with van der Waals surface area (Å²) in [7, 11) is 0. The van der Waals surface area contributed by atoms with Crippen molar-refractivity contribution in [1.82, 2.24) is 0 Å². The van der Waals surface area contributed by atoms with Crippen molar-refractivity contribution in [3.05, 3.63) is 29.8 Å². The highest BCUT2D eigenvalue weighted by molar-refractivity contribution is 6.04. The zero-order chi connectivity index (χ0) is 14.6. The second-order valence-electron chi connectivity index (χ2n) is 5.62. The Morgan fingerprint density at radius 3 is 2.11 bits per heavy atom. The van der Waals surface area contributed by atoms with Gasteiger partial charge in [-0.25, -0.2) is 0 Å². The molecule has 0 aliphatic rings. The molecule has 1 aromatic rings. The van der Waals surface area contributed by atoms with Crippen LogP contribution in [0.1, 0.15) is 39.7 Å². The van der Waals surface area contributed by atoms with E-state index in [0.717, 1.165) is 5.56 Å². The van der Waals surface area contributed by atoms with E-state index in [0.29, 0.717) is 5.69 Å². The van der Waals surface area contributed by atoms with Crippen molar-refractivity contribution in [2.45, 2.75) is 39.5 Å². The maximum Gasteiger partial charge on any atom is 0.316 e. The van der Waals surface area contributed by atoms with Gasteiger partial charge in [-0.05, 0) is 29.5 Å². The predicted molar refractivity (Wildman–Crippen MR) is 75.2 cm³/mol. The molecule has 0 heterocycles. The number of amides is 1. The van der Waals surface area contributed by atoms with Crippen molar-refractivity contribution < 1.29 is 14.7 Å². The van der Waals surface area contributed by atoms with Crippen LogP contribution in [0, 0.1) is 5.92 Å². The average molecular weight is 263 g/mol. The summed E-state index contributed by atoms with van der Waals surface area (Å²) in [6.45, 7) is 8.01. The van der Waals surface area contributed by atoms with Gasteiger partial charge in [0.2, 0.25) is 5.91 Å². The van der Waals surface area contributed by atoms with Gasteiger partial charge in [0.1, 0.15) is 5.92 Å². The minimum absolute atomic E-state index is 0.0511. The molecule has 0 radical (unpaired) electrons. The number of carboxylic acid groups (broad SMARTS) is 1. The van der Waals surface area contributed by atoms with Gasteiger partial charge in [0.05, 0.1) is 0 Å². The van der Waals surface area contributed by atoms with Crippen molar-refractivity contribution in [3.63, 3.8) is 0 Å². The Kier molecular flexibility index (Phi) is 4.70. The minimum Gasteiger partial charge on any atom is -0.481 e. The summed E-state index contributed by atoms with van der Waals surface area (Å²) >= 11 is 0. The summed E-state index contributed by atoms with van der Waals surface area (Å²) in [5.41, 5.74) is 1.84. The fraction of sp³-hybridized carbons (Fsp3) is 0.467. The molecule has 1 rings (SSSR count). The molecule has 4 nitrogen and oxygen atoms in total. The highest BCUT2D eigenvalue weighted by Gasteiger charge is 2.24. The normalized spacial score (nSPS) is 12.8. The first-order valence-corrected chi connectivity index (χ1v) is 6.40. The number of carbonyl (C=O) groups is 2. The van der Waals surface area contributed by atoms with E-state index in [1.54, 1.807) is 19.1 Å². The van der Waals surface area contributed by atoms with Crippen LogP contribution < -0.4 is 5.32 Å². The Morgan fingerprint density at radius 1 is 1.21 bits per heavy atom. The van der Waals surface area contributed by atoms with E-state index in [2.05, 4.69) is 26.1 Å². The summed E-state index contributed by atoms with van der Waals surface area (Å²) in [5, 5.41) is 11.5. The lowest BCUT2D eigenvalue weighted by Gasteiger charge is -2.19. The largest absolute Gasteiger partial charge is 0.481 e. The molecular weight excluding hydrogens is 242 g/mol. The van der Waals surface area contributed by atoms with Gasteiger partial charge < -0.3 is 10.4 Å². The van der Waals surface area contributed by atoms with E-state index in [1.807, 2.05) is 12.1 Å². The maximum absolute atomic E-state index is 11.8. The third-order valence-electron chi connectivity index (χ3n) is 3.04. The van der Waals surface area contributed by atoms with Gasteiger partial charge in [-0.2, -0.15) is 0 Å². The van der Waals surface area contributed by atoms with Gasteiger partial charge in [0.15, 0.2) is 0 Å². The summed E-state index contributed by atoms with van der Waals surface area (Å²) < 4.78 is 0. The van der Waals surface area contributed by atoms with Crippen molar-refractivity contribution in [2.75, 3.05) is 5.32 Å². The molecule has 1 atom stereocenters. The molecule has 19 heavy (non-hydrogen) atoms. The Hall–Kier alpha value is -1.84. The number of rotatable bonds is 4. The lowest BCUT2D eigenvalue weighted by molar-refractivity contribution is -0.145. The standard InChI is InChI=1S/C15H21NO3/c1-5-12(14(18)19)13(17)16-11-8-6-10(7-9-11)15(2,3)4/h6-9,12H,5H2,1-4H3,(H,16,17)(H,18,19). The number of carboxylic acids is 1. The van der Waals surface area contributed by atoms with Gasteiger partial charge in [-0.15, -0.1) is 0 Å². The molecule has 0 spiro atoms. The summed E-state index contributed by atoms with van der Waals surface area (Å²) in [6, 6.07) is 7.48. The van der Waals surface area contributed by atoms with Crippen LogP contribution in [0.2, 0.25) is 0 Å². The Labute approximate surface area is 113 Å². The maximum atomic E-state index is 11.8. The third-order valence-corrected chi connectivity index (χ3v) is 3.04. The van der Waals surface area contributed by atoms with Crippen LogP contribution in [0.4, 0.5) is 5.69 Å². The number of aliphatic carboxylic acids is 1. The molecule has 0 bridgehead atoms. The Morgan fingerprint density at radius 2 is 1.74 bits per heavy atom. The monoisotopic (exact) mass is 263 g/mol. The fourth-order valence-corrected chi connectivity index (χ4v) is 1.76. The van der Waals surface area contributed by atoms with Crippen molar-refractivity contribution in [3.8, 4) is 0 Å². The van der Waals surface area contributed by atoms with Crippen LogP contribution in [-0.2, 0) is 15.0 Å². The minimum atomic E-state index is -1.09. The molecule has 1 amide bonds. The first-order chi connectivity index (χ1) is 8.75. The van der Waals surface area contributed by atoms with Crippen molar-refractivity contribution in [1.29, 1.82) is 0 Å². The Balaban J connectivity index is 2.78. The van der Waals surface area contributed by atoms with Crippen LogP contribution in [-0.4, -0.2) is 17.0 Å². The lowest BCUT2D eigenvalue weighted by Crippen LogP contribution is -2.28. The van der Waals surface area contributed by atoms with E-state index < -0.39 is 17.8 Å². The van der Waals surface area contributed by atoms with Crippen molar-refractivity contribution >= 4 is 17.6 Å². The lowest BCUT2D eigenvalue weighted by atomic mass is 9.87. The molecule has 1 aromatic carbocycles. The fourth-order valence-electron chi connectivity index (χ4n) is 1.76. The number of nitrogens with one attached hydrogen (secondary N) is 1. The van der Waals surface area contributed by atoms with Gasteiger partial charge in [0, 0.05) is 5.69 Å². The van der Waals surface area contributed by atoms with Crippen LogP contribution in [0.25, 0.3) is 0 Å². The summed E-state index contributed by atoms with van der Waals surface area (Å²) in [4.78, 5) is 22.7. The molecule has 0 aliphatic carbocycles. The first-order valence-electron chi connectivity index (χ1n) is 6.40. The van der Waals surface area contributed by atoms with E-state index in [-0.39, 0.29) is 11.8 Å². The molecule has 0 saturated heterocycles. The second-order valence-corrected chi connectivity index (χ2v) is 5.62. The van der Waals surface area contributed by atoms with Crippen molar-refractivity contribution in [2.24, 2.45) is 5.92 Å². The molecule has 0 fully saturated rings. The van der Waals surface area contributed by atoms with Gasteiger partial charge in [-0.1, -0.05) is 39.8 Å². The van der Waals surface area contributed by atoms with Gasteiger partial charge in [-0.3, -0.25) is 9.59 Å². The van der Waals surface area contributed by atoms with Crippen LogP contribution in [0.15, 0.2) is 24.3 Å². The molecule has 104 valence electrons. The molecule has 0 saturated carbocycles. The van der Waals surface area contributed by atoms with E-state index in [1.165, 1.54) is 0 Å². The Bertz CT molecular complexity index is 457. The number of hydrogen-bond donors (Lipinski definition) is 2. The number of hydrogen-bond acceptors (Lipinski definition) is 2. The molecular formula is C15H21NO3. The average Bonchev–Trinajstić information content (AvgIpc) is 2.28. The second kappa shape index (κ2) is 5.87. The third kappa shape index (κ3) is 4.09. The van der Waals surface area contributed by atoms with Crippen LogP contribution in [0.3, 0.4) is 0 Å². The smallest absolute Gasteiger partial charge is 0.316 e. The van der Waals surface area contributed by atoms with Crippen LogP contribution >= 0.6 is 0 Å². The van der Waals surface area contributed by atoms with E-state index in [4.69, 9.17) is 5.11 Å². The van der Waals surface area contributed by atoms with E-state index in [9.17, 15) is 9.59 Å². The van der Waals surface area contributed by atoms with Crippen LogP contribution in [0.5, 0.6) is 0 Å². The molecule has 0 aromatic heterocycles. The molecule has 0 aliphatic heterocycles. The zero-order valence-corrected chi connectivity index (χ0v) is 11.9. The number of benzene rings is 1. The highest BCUT2D eigenvalue weighted by Crippen LogP contribution is 2.23. The number of carbonyl (C=O) groups excluding carboxylic acids is 1. The van der Waals surface area contributed by atoms with E-state index >= 15 is 0 Å². The highest BCUT2D eigenvalue weighted by atomic mass is 16.4. The first kappa shape index (κ1) is 15.2. The quantitative estimate of drug-likeness (QED) is 0.820. The summed E-state index contributed by atoms with van der Waals surface area (Å²) in [6.07, 6.45) is 0.279. The topological polar surface area (TPSA) is 66.4 Å². The zero-order valence-electron chi connectivity index (χ0n) is 11.9. The predicted octanol–water partition coefficient (Wildman–Crippen LogP) is 3.03. The van der Waals surface area contributed by atoms with Gasteiger partial charge in [0.25, 0.3) is 0 Å². The molecule has 2 N–H and O–H groups in total. The SMILES string of the molecule is CCC(C(=O)O)C(=O)Nc1ccc(C(C)(C)C)cc1. The number of anilines is 1. The van der Waals surface area contributed by atoms with Gasteiger partial charge >= 0.3 is 5.97 Å². The molecule has 4 heteroatoms. The molecule has 1 unspecified atom stereocenters.